The van der Waals surface area contributed by atoms with E-state index in [4.69, 9.17) is 16.0 Å². The SMILES string of the molecule is O=C(c1ccc(-c2ccc(Cl)cc2)o1)N1N=C(c2cccnc2)CC1C1=C(O)CCC=C1. The molecule has 2 aromatic heterocycles. The number of aliphatic hydroxyl groups excluding tert-OH is 1. The molecule has 3 heterocycles. The van der Waals surface area contributed by atoms with Crippen LogP contribution in [0.5, 0.6) is 0 Å². The largest absolute Gasteiger partial charge is 0.512 e. The molecule has 0 radical (unpaired) electrons. The number of halogens is 1. The van der Waals surface area contributed by atoms with Gasteiger partial charge in [-0.1, -0.05) is 29.8 Å². The number of hydrazone groups is 1. The Morgan fingerprint density at radius 1 is 1.12 bits per heavy atom. The first-order valence-electron chi connectivity index (χ1n) is 10.4. The lowest BCUT2D eigenvalue weighted by molar-refractivity contribution is 0.0703. The summed E-state index contributed by atoms with van der Waals surface area (Å²) in [6.07, 6.45) is 9.10. The predicted octanol–water partition coefficient (Wildman–Crippen LogP) is 5.78. The van der Waals surface area contributed by atoms with Gasteiger partial charge in [0.15, 0.2) is 5.76 Å². The van der Waals surface area contributed by atoms with Crippen molar-refractivity contribution >= 4 is 23.2 Å². The minimum absolute atomic E-state index is 0.177. The number of aliphatic hydroxyl groups is 1. The van der Waals surface area contributed by atoms with Gasteiger partial charge in [-0.05, 0) is 48.9 Å². The van der Waals surface area contributed by atoms with Gasteiger partial charge in [0.2, 0.25) is 0 Å². The van der Waals surface area contributed by atoms with Gasteiger partial charge in [0.05, 0.1) is 17.5 Å². The van der Waals surface area contributed by atoms with Crippen molar-refractivity contribution in [2.45, 2.75) is 25.3 Å². The Bertz CT molecular complexity index is 1240. The molecule has 1 amide bonds. The molecule has 2 aliphatic rings. The normalized spacial score (nSPS) is 18.2. The van der Waals surface area contributed by atoms with Gasteiger partial charge in [0.25, 0.3) is 0 Å². The zero-order valence-corrected chi connectivity index (χ0v) is 17.9. The molecule has 7 heteroatoms. The minimum Gasteiger partial charge on any atom is -0.512 e. The lowest BCUT2D eigenvalue weighted by Gasteiger charge is -2.24. The van der Waals surface area contributed by atoms with E-state index in [1.54, 1.807) is 36.7 Å². The summed E-state index contributed by atoms with van der Waals surface area (Å²) in [6, 6.07) is 13.9. The quantitative estimate of drug-likeness (QED) is 0.552. The summed E-state index contributed by atoms with van der Waals surface area (Å²) in [5.74, 6) is 0.667. The number of aromatic nitrogens is 1. The van der Waals surface area contributed by atoms with Crippen molar-refractivity contribution < 1.29 is 14.3 Å². The number of carbonyl (C=O) groups excluding carboxylic acids is 1. The Hall–Kier alpha value is -3.64. The molecule has 0 saturated heterocycles. The maximum atomic E-state index is 13.4. The summed E-state index contributed by atoms with van der Waals surface area (Å²) in [5.41, 5.74) is 3.10. The van der Waals surface area contributed by atoms with Gasteiger partial charge in [-0.2, -0.15) is 5.10 Å². The monoisotopic (exact) mass is 445 g/mol. The fraction of sp³-hybridized carbons (Fsp3) is 0.160. The summed E-state index contributed by atoms with van der Waals surface area (Å²) < 4.78 is 5.87. The van der Waals surface area contributed by atoms with Crippen LogP contribution in [0.4, 0.5) is 0 Å². The van der Waals surface area contributed by atoms with Gasteiger partial charge in [0.1, 0.15) is 5.76 Å². The van der Waals surface area contributed by atoms with Crippen molar-refractivity contribution in [1.82, 2.24) is 9.99 Å². The molecule has 1 aromatic carbocycles. The van der Waals surface area contributed by atoms with E-state index in [0.717, 1.165) is 23.3 Å². The Morgan fingerprint density at radius 3 is 2.72 bits per heavy atom. The van der Waals surface area contributed by atoms with E-state index >= 15 is 0 Å². The van der Waals surface area contributed by atoms with Crippen molar-refractivity contribution in [3.05, 3.63) is 101 Å². The Kier molecular flexibility index (Phi) is 5.37. The third-order valence-corrected chi connectivity index (χ3v) is 5.85. The molecule has 160 valence electrons. The summed E-state index contributed by atoms with van der Waals surface area (Å²) in [6.45, 7) is 0. The highest BCUT2D eigenvalue weighted by molar-refractivity contribution is 6.30. The van der Waals surface area contributed by atoms with Crippen molar-refractivity contribution in [3.63, 3.8) is 0 Å². The molecule has 0 bridgehead atoms. The van der Waals surface area contributed by atoms with E-state index in [1.165, 1.54) is 5.01 Å². The molecule has 1 aliphatic carbocycles. The highest BCUT2D eigenvalue weighted by Crippen LogP contribution is 2.33. The smallest absolute Gasteiger partial charge is 0.310 e. The van der Waals surface area contributed by atoms with Crippen LogP contribution in [-0.2, 0) is 0 Å². The third kappa shape index (κ3) is 3.85. The highest BCUT2D eigenvalue weighted by Gasteiger charge is 2.37. The van der Waals surface area contributed by atoms with Crippen LogP contribution in [-0.4, -0.2) is 32.8 Å². The average Bonchev–Trinajstić information content (AvgIpc) is 3.48. The fourth-order valence-electron chi connectivity index (χ4n) is 3.96. The molecular formula is C25H20ClN3O3. The van der Waals surface area contributed by atoms with Crippen LogP contribution >= 0.6 is 11.6 Å². The first-order valence-corrected chi connectivity index (χ1v) is 10.7. The second kappa shape index (κ2) is 8.48. The zero-order chi connectivity index (χ0) is 22.1. The van der Waals surface area contributed by atoms with Crippen molar-refractivity contribution in [3.8, 4) is 11.3 Å². The maximum Gasteiger partial charge on any atom is 0.310 e. The fourth-order valence-corrected chi connectivity index (χ4v) is 4.08. The van der Waals surface area contributed by atoms with Crippen molar-refractivity contribution in [2.75, 3.05) is 0 Å². The molecule has 0 fully saturated rings. The average molecular weight is 446 g/mol. The first kappa shape index (κ1) is 20.3. The number of pyridine rings is 1. The lowest BCUT2D eigenvalue weighted by Crippen LogP contribution is -2.34. The molecule has 1 atom stereocenters. The van der Waals surface area contributed by atoms with Crippen LogP contribution in [0.3, 0.4) is 0 Å². The Balaban J connectivity index is 1.49. The molecule has 3 aromatic rings. The summed E-state index contributed by atoms with van der Waals surface area (Å²) in [7, 11) is 0. The topological polar surface area (TPSA) is 78.9 Å². The summed E-state index contributed by atoms with van der Waals surface area (Å²) >= 11 is 5.97. The molecule has 1 N–H and O–H groups in total. The van der Waals surface area contributed by atoms with Crippen LogP contribution in [0.2, 0.25) is 5.02 Å². The molecule has 1 aliphatic heterocycles. The van der Waals surface area contributed by atoms with Gasteiger partial charge in [-0.25, -0.2) is 5.01 Å². The van der Waals surface area contributed by atoms with E-state index in [-0.39, 0.29) is 11.7 Å². The molecule has 32 heavy (non-hydrogen) atoms. The van der Waals surface area contributed by atoms with Crippen LogP contribution in [0.25, 0.3) is 11.3 Å². The number of amides is 1. The van der Waals surface area contributed by atoms with Gasteiger partial charge < -0.3 is 9.52 Å². The van der Waals surface area contributed by atoms with Crippen LogP contribution in [0.1, 0.15) is 35.4 Å². The number of carbonyl (C=O) groups is 1. The molecule has 0 spiro atoms. The van der Waals surface area contributed by atoms with E-state index in [1.807, 2.05) is 36.4 Å². The second-order valence-electron chi connectivity index (χ2n) is 7.67. The van der Waals surface area contributed by atoms with Gasteiger partial charge in [0, 0.05) is 47.0 Å². The van der Waals surface area contributed by atoms with Crippen LogP contribution in [0.15, 0.2) is 93.9 Å². The van der Waals surface area contributed by atoms with Crippen molar-refractivity contribution in [1.29, 1.82) is 0 Å². The Morgan fingerprint density at radius 2 is 1.97 bits per heavy atom. The number of hydrogen-bond acceptors (Lipinski definition) is 5. The minimum atomic E-state index is -0.418. The number of benzene rings is 1. The number of allylic oxidation sites excluding steroid dienone is 2. The van der Waals surface area contributed by atoms with Crippen LogP contribution in [0, 0.1) is 0 Å². The van der Waals surface area contributed by atoms with Gasteiger partial charge >= 0.3 is 5.91 Å². The first-order chi connectivity index (χ1) is 15.6. The van der Waals surface area contributed by atoms with E-state index in [0.29, 0.717) is 35.0 Å². The van der Waals surface area contributed by atoms with E-state index in [9.17, 15) is 9.90 Å². The summed E-state index contributed by atoms with van der Waals surface area (Å²) in [5, 5.41) is 17.2. The van der Waals surface area contributed by atoms with Crippen LogP contribution < -0.4 is 0 Å². The third-order valence-electron chi connectivity index (χ3n) is 5.60. The Labute approximate surface area is 190 Å². The zero-order valence-electron chi connectivity index (χ0n) is 17.1. The number of hydrogen-bond donors (Lipinski definition) is 1. The molecule has 5 rings (SSSR count). The lowest BCUT2D eigenvalue weighted by atomic mass is 9.93. The van der Waals surface area contributed by atoms with Gasteiger partial charge in [-0.15, -0.1) is 0 Å². The summed E-state index contributed by atoms with van der Waals surface area (Å²) in [4.78, 5) is 17.6. The standard InChI is InChI=1S/C25H20ClN3O3/c26-18-9-7-16(8-10-18)23-11-12-24(32-23)25(31)29-21(19-5-1-2-6-22(19)30)14-20(28-29)17-4-3-13-27-15-17/h1,3-5,7-13,15,21,30H,2,6,14H2. The maximum absolute atomic E-state index is 13.4. The van der Waals surface area contributed by atoms with E-state index in [2.05, 4.69) is 10.1 Å². The molecular weight excluding hydrogens is 426 g/mol. The number of nitrogens with zero attached hydrogens (tertiary/aromatic N) is 3. The number of furan rings is 1. The number of rotatable bonds is 4. The molecule has 1 unspecified atom stereocenters. The van der Waals surface area contributed by atoms with E-state index < -0.39 is 6.04 Å². The second-order valence-corrected chi connectivity index (χ2v) is 8.11. The molecule has 0 saturated carbocycles. The molecule has 6 nitrogen and oxygen atoms in total. The van der Waals surface area contributed by atoms with Gasteiger partial charge in [-0.3, -0.25) is 9.78 Å². The highest BCUT2D eigenvalue weighted by atomic mass is 35.5. The predicted molar refractivity (Wildman–Crippen MR) is 123 cm³/mol. The van der Waals surface area contributed by atoms with Crippen molar-refractivity contribution in [2.24, 2.45) is 5.10 Å².